The fourth-order valence-electron chi connectivity index (χ4n) is 3.50. The molecule has 1 aromatic heterocycles. The molecule has 2 heterocycles. The standard InChI is InChI=1S/C21H17Cl2F3N4O/c1-11-5-7-12(8-6-11)15-9-17(21(24,25)26)30-18(27-15)10-16(29-30)20(31)28-19-13(22)3-2-4-14(19)23/h2-8,10,15,17,27H,9H2,1H3,(H,28,31)/t15-,17-/m1/s1. The summed E-state index contributed by atoms with van der Waals surface area (Å²) >= 11 is 12.1. The van der Waals surface area contributed by atoms with Crippen molar-refractivity contribution >= 4 is 40.6 Å². The lowest BCUT2D eigenvalue weighted by molar-refractivity contribution is -0.173. The molecule has 4 rings (SSSR count). The van der Waals surface area contributed by atoms with Gasteiger partial charge in [-0.25, -0.2) is 4.68 Å². The first-order valence-corrected chi connectivity index (χ1v) is 10.1. The highest BCUT2D eigenvalue weighted by atomic mass is 35.5. The first-order valence-electron chi connectivity index (χ1n) is 9.38. The van der Waals surface area contributed by atoms with Gasteiger partial charge in [0, 0.05) is 12.5 Å². The second-order valence-corrected chi connectivity index (χ2v) is 8.13. The molecule has 10 heteroatoms. The van der Waals surface area contributed by atoms with Gasteiger partial charge in [0.15, 0.2) is 11.7 Å². The second kappa shape index (κ2) is 8.09. The van der Waals surface area contributed by atoms with E-state index in [-0.39, 0.29) is 33.7 Å². The summed E-state index contributed by atoms with van der Waals surface area (Å²) in [5.74, 6) is -0.610. The summed E-state index contributed by atoms with van der Waals surface area (Å²) in [5, 5.41) is 9.92. The Bertz CT molecular complexity index is 1110. The van der Waals surface area contributed by atoms with Crippen molar-refractivity contribution in [2.24, 2.45) is 0 Å². The summed E-state index contributed by atoms with van der Waals surface area (Å²) < 4.78 is 42.2. The van der Waals surface area contributed by atoms with Crippen LogP contribution in [0.25, 0.3) is 0 Å². The van der Waals surface area contributed by atoms with E-state index in [1.807, 2.05) is 19.1 Å². The van der Waals surface area contributed by atoms with Gasteiger partial charge in [-0.3, -0.25) is 4.79 Å². The Kier molecular flexibility index (Phi) is 5.61. The van der Waals surface area contributed by atoms with Gasteiger partial charge < -0.3 is 10.6 Å². The van der Waals surface area contributed by atoms with Crippen LogP contribution in [0.4, 0.5) is 24.7 Å². The van der Waals surface area contributed by atoms with Gasteiger partial charge in [-0.2, -0.15) is 18.3 Å². The number of fused-ring (bicyclic) bond motifs is 1. The summed E-state index contributed by atoms with van der Waals surface area (Å²) in [6.07, 6.45) is -4.79. The van der Waals surface area contributed by atoms with Gasteiger partial charge in [-0.1, -0.05) is 59.1 Å². The number of hydrogen-bond acceptors (Lipinski definition) is 3. The van der Waals surface area contributed by atoms with E-state index >= 15 is 0 Å². The predicted molar refractivity (Wildman–Crippen MR) is 114 cm³/mol. The number of aryl methyl sites for hydroxylation is 1. The van der Waals surface area contributed by atoms with Crippen LogP contribution in [0.5, 0.6) is 0 Å². The Morgan fingerprint density at radius 3 is 2.42 bits per heavy atom. The third-order valence-corrected chi connectivity index (χ3v) is 5.73. The molecule has 0 spiro atoms. The number of amides is 1. The molecule has 2 atom stereocenters. The molecule has 0 fully saturated rings. The van der Waals surface area contributed by atoms with Gasteiger partial charge >= 0.3 is 6.18 Å². The molecule has 162 valence electrons. The van der Waals surface area contributed by atoms with Crippen LogP contribution >= 0.6 is 23.2 Å². The largest absolute Gasteiger partial charge is 0.410 e. The van der Waals surface area contributed by atoms with Gasteiger partial charge in [0.05, 0.1) is 21.8 Å². The number of nitrogens with zero attached hydrogens (tertiary/aromatic N) is 2. The Labute approximate surface area is 186 Å². The minimum absolute atomic E-state index is 0.106. The molecule has 0 bridgehead atoms. The maximum Gasteiger partial charge on any atom is 0.410 e. The third-order valence-electron chi connectivity index (χ3n) is 5.10. The number of alkyl halides is 3. The van der Waals surface area contributed by atoms with Crippen molar-refractivity contribution < 1.29 is 18.0 Å². The first kappa shape index (κ1) is 21.5. The van der Waals surface area contributed by atoms with Gasteiger partial charge in [0.1, 0.15) is 5.82 Å². The molecule has 0 saturated carbocycles. The number of halogens is 5. The van der Waals surface area contributed by atoms with Crippen molar-refractivity contribution in [1.29, 1.82) is 0 Å². The van der Waals surface area contributed by atoms with Crippen molar-refractivity contribution in [3.63, 3.8) is 0 Å². The third kappa shape index (κ3) is 4.36. The van der Waals surface area contributed by atoms with Crippen LogP contribution in [0.1, 0.15) is 40.1 Å². The van der Waals surface area contributed by atoms with Crippen molar-refractivity contribution in [2.75, 3.05) is 10.6 Å². The van der Waals surface area contributed by atoms with E-state index in [9.17, 15) is 18.0 Å². The number of carbonyl (C=O) groups is 1. The van der Waals surface area contributed by atoms with Gasteiger partial charge in [0.2, 0.25) is 0 Å². The Hall–Kier alpha value is -2.71. The van der Waals surface area contributed by atoms with Crippen LogP contribution < -0.4 is 10.6 Å². The lowest BCUT2D eigenvalue weighted by atomic mass is 9.96. The van der Waals surface area contributed by atoms with Crippen LogP contribution in [0.15, 0.2) is 48.5 Å². The molecule has 2 aromatic carbocycles. The van der Waals surface area contributed by atoms with E-state index in [2.05, 4.69) is 15.7 Å². The molecule has 3 aromatic rings. The normalized spacial score (nSPS) is 18.3. The van der Waals surface area contributed by atoms with Crippen LogP contribution in [0, 0.1) is 6.92 Å². The Morgan fingerprint density at radius 1 is 1.16 bits per heavy atom. The molecule has 2 N–H and O–H groups in total. The monoisotopic (exact) mass is 468 g/mol. The highest BCUT2D eigenvalue weighted by Gasteiger charge is 2.46. The van der Waals surface area contributed by atoms with E-state index in [0.717, 1.165) is 15.8 Å². The zero-order chi connectivity index (χ0) is 22.3. The number of hydrogen-bond donors (Lipinski definition) is 2. The quantitative estimate of drug-likeness (QED) is 0.466. The first-order chi connectivity index (χ1) is 14.6. The number of rotatable bonds is 3. The smallest absolute Gasteiger partial charge is 0.363 e. The molecule has 0 saturated heterocycles. The number of anilines is 2. The number of para-hydroxylation sites is 1. The average molecular weight is 469 g/mol. The SMILES string of the molecule is Cc1ccc([C@H]2C[C@H](C(F)(F)F)n3nc(C(=O)Nc4c(Cl)cccc4Cl)cc3N2)cc1. The van der Waals surface area contributed by atoms with E-state index in [0.29, 0.717) is 0 Å². The maximum absolute atomic E-state index is 13.8. The molecule has 0 unspecified atom stereocenters. The second-order valence-electron chi connectivity index (χ2n) is 7.31. The number of carbonyl (C=O) groups excluding carboxylic acids is 1. The summed E-state index contributed by atoms with van der Waals surface area (Å²) in [4.78, 5) is 12.7. The van der Waals surface area contributed by atoms with Crippen molar-refractivity contribution in [3.05, 3.63) is 75.4 Å². The molecule has 0 radical (unpaired) electrons. The minimum atomic E-state index is -4.54. The lowest BCUT2D eigenvalue weighted by Gasteiger charge is -2.33. The van der Waals surface area contributed by atoms with Crippen LogP contribution in [0.3, 0.4) is 0 Å². The van der Waals surface area contributed by atoms with E-state index in [4.69, 9.17) is 23.2 Å². The molecular weight excluding hydrogens is 452 g/mol. The molecule has 1 aliphatic heterocycles. The van der Waals surface area contributed by atoms with E-state index in [1.165, 1.54) is 18.2 Å². The fraction of sp³-hybridized carbons (Fsp3) is 0.238. The molecule has 31 heavy (non-hydrogen) atoms. The molecule has 1 amide bonds. The Morgan fingerprint density at radius 2 is 1.81 bits per heavy atom. The summed E-state index contributed by atoms with van der Waals surface area (Å²) in [7, 11) is 0. The summed E-state index contributed by atoms with van der Waals surface area (Å²) in [6, 6.07) is 10.8. The van der Waals surface area contributed by atoms with Crippen molar-refractivity contribution in [3.8, 4) is 0 Å². The van der Waals surface area contributed by atoms with Gasteiger partial charge in [-0.15, -0.1) is 0 Å². The van der Waals surface area contributed by atoms with Crippen LogP contribution in [0.2, 0.25) is 10.0 Å². The fourth-order valence-corrected chi connectivity index (χ4v) is 3.99. The van der Waals surface area contributed by atoms with Crippen molar-refractivity contribution in [1.82, 2.24) is 9.78 Å². The molecule has 5 nitrogen and oxygen atoms in total. The van der Waals surface area contributed by atoms with Gasteiger partial charge in [-0.05, 0) is 24.6 Å². The topological polar surface area (TPSA) is 59.0 Å². The predicted octanol–water partition coefficient (Wildman–Crippen LogP) is 6.41. The van der Waals surface area contributed by atoms with E-state index in [1.54, 1.807) is 18.2 Å². The van der Waals surface area contributed by atoms with Crippen LogP contribution in [-0.2, 0) is 0 Å². The van der Waals surface area contributed by atoms with Crippen LogP contribution in [-0.4, -0.2) is 21.9 Å². The molecule has 0 aliphatic carbocycles. The van der Waals surface area contributed by atoms with Gasteiger partial charge in [0.25, 0.3) is 5.91 Å². The Balaban J connectivity index is 1.66. The number of nitrogens with one attached hydrogen (secondary N) is 2. The van der Waals surface area contributed by atoms with E-state index < -0.39 is 24.2 Å². The lowest BCUT2D eigenvalue weighted by Crippen LogP contribution is -2.35. The zero-order valence-corrected chi connectivity index (χ0v) is 17.7. The number of aromatic nitrogens is 2. The molecule has 1 aliphatic rings. The zero-order valence-electron chi connectivity index (χ0n) is 16.2. The highest BCUT2D eigenvalue weighted by molar-refractivity contribution is 6.40. The molecular formula is C21H17Cl2F3N4O. The summed E-state index contributed by atoms with van der Waals surface area (Å²) in [5.41, 5.74) is 1.72. The maximum atomic E-state index is 13.8. The highest BCUT2D eigenvalue weighted by Crippen LogP contribution is 2.43. The average Bonchev–Trinajstić information content (AvgIpc) is 3.14. The van der Waals surface area contributed by atoms with Crippen molar-refractivity contribution in [2.45, 2.75) is 31.6 Å². The number of benzene rings is 2. The minimum Gasteiger partial charge on any atom is -0.363 e. The summed E-state index contributed by atoms with van der Waals surface area (Å²) in [6.45, 7) is 1.90.